The second-order valence-electron chi connectivity index (χ2n) is 5.39. The first-order valence-electron chi connectivity index (χ1n) is 7.25. The molecule has 1 N–H and O–H groups in total. The molecule has 1 fully saturated rings. The molecule has 100 valence electrons. The zero-order valence-corrected chi connectivity index (χ0v) is 11.9. The molecule has 2 heteroatoms. The summed E-state index contributed by atoms with van der Waals surface area (Å²) >= 11 is 0. The van der Waals surface area contributed by atoms with Crippen molar-refractivity contribution in [1.29, 1.82) is 0 Å². The first-order valence-corrected chi connectivity index (χ1v) is 7.25. The molecule has 1 aromatic rings. The van der Waals surface area contributed by atoms with E-state index in [0.29, 0.717) is 6.04 Å². The summed E-state index contributed by atoms with van der Waals surface area (Å²) in [6.07, 6.45) is 2.81. The van der Waals surface area contributed by atoms with E-state index in [1.807, 2.05) is 0 Å². The molecule has 2 nitrogen and oxygen atoms in total. The SMILES string of the molecule is CCN(CCNC(C)c1ccccc1C)C1CC1. The van der Waals surface area contributed by atoms with E-state index in [1.54, 1.807) is 0 Å². The number of benzene rings is 1. The van der Waals surface area contributed by atoms with Crippen LogP contribution < -0.4 is 5.32 Å². The molecule has 0 aromatic heterocycles. The van der Waals surface area contributed by atoms with Crippen molar-refractivity contribution in [2.75, 3.05) is 19.6 Å². The molecule has 0 bridgehead atoms. The van der Waals surface area contributed by atoms with Gasteiger partial charge in [0.1, 0.15) is 0 Å². The van der Waals surface area contributed by atoms with Gasteiger partial charge in [-0.15, -0.1) is 0 Å². The fraction of sp³-hybridized carbons (Fsp3) is 0.625. The number of likely N-dealkylation sites (N-methyl/N-ethyl adjacent to an activating group) is 1. The van der Waals surface area contributed by atoms with Gasteiger partial charge in [0.25, 0.3) is 0 Å². The highest BCUT2D eigenvalue weighted by Crippen LogP contribution is 2.26. The maximum atomic E-state index is 3.65. The molecule has 1 aromatic carbocycles. The maximum Gasteiger partial charge on any atom is 0.0294 e. The van der Waals surface area contributed by atoms with E-state index in [4.69, 9.17) is 0 Å². The third-order valence-electron chi connectivity index (χ3n) is 3.97. The minimum absolute atomic E-state index is 0.448. The van der Waals surface area contributed by atoms with Crippen molar-refractivity contribution >= 4 is 0 Å². The molecule has 1 atom stereocenters. The molecule has 2 rings (SSSR count). The van der Waals surface area contributed by atoms with Crippen molar-refractivity contribution in [3.05, 3.63) is 35.4 Å². The summed E-state index contributed by atoms with van der Waals surface area (Å²) in [6.45, 7) is 10.2. The Labute approximate surface area is 111 Å². The van der Waals surface area contributed by atoms with Gasteiger partial charge in [0.05, 0.1) is 0 Å². The fourth-order valence-corrected chi connectivity index (χ4v) is 2.65. The summed E-state index contributed by atoms with van der Waals surface area (Å²) in [5.74, 6) is 0. The van der Waals surface area contributed by atoms with Crippen molar-refractivity contribution in [2.24, 2.45) is 0 Å². The molecule has 1 unspecified atom stereocenters. The molecule has 1 aliphatic rings. The highest BCUT2D eigenvalue weighted by molar-refractivity contribution is 5.28. The van der Waals surface area contributed by atoms with Crippen LogP contribution in [-0.4, -0.2) is 30.6 Å². The lowest BCUT2D eigenvalue weighted by Crippen LogP contribution is -2.34. The van der Waals surface area contributed by atoms with Crippen molar-refractivity contribution < 1.29 is 0 Å². The Morgan fingerprint density at radius 3 is 2.67 bits per heavy atom. The Hall–Kier alpha value is -0.860. The number of nitrogens with zero attached hydrogens (tertiary/aromatic N) is 1. The van der Waals surface area contributed by atoms with Gasteiger partial charge in [-0.3, -0.25) is 4.90 Å². The standard InChI is InChI=1S/C16H26N2/c1-4-18(15-9-10-15)12-11-17-14(3)16-8-6-5-7-13(16)2/h5-8,14-15,17H,4,9-12H2,1-3H3. The Morgan fingerprint density at radius 2 is 2.06 bits per heavy atom. The number of hydrogen-bond donors (Lipinski definition) is 1. The molecule has 0 heterocycles. The molecular formula is C16H26N2. The van der Waals surface area contributed by atoms with Gasteiger partial charge < -0.3 is 5.32 Å². The maximum absolute atomic E-state index is 3.65. The van der Waals surface area contributed by atoms with Crippen LogP contribution in [0.1, 0.15) is 43.9 Å². The number of aryl methyl sites for hydroxylation is 1. The number of nitrogens with one attached hydrogen (secondary N) is 1. The Morgan fingerprint density at radius 1 is 1.33 bits per heavy atom. The second kappa shape index (κ2) is 6.35. The van der Waals surface area contributed by atoms with E-state index in [-0.39, 0.29) is 0 Å². The normalized spacial score (nSPS) is 17.1. The highest BCUT2D eigenvalue weighted by atomic mass is 15.2. The van der Waals surface area contributed by atoms with Crippen molar-refractivity contribution in [3.8, 4) is 0 Å². The van der Waals surface area contributed by atoms with Crippen LogP contribution in [0.25, 0.3) is 0 Å². The summed E-state index contributed by atoms with van der Waals surface area (Å²) in [6, 6.07) is 9.98. The topological polar surface area (TPSA) is 15.3 Å². The largest absolute Gasteiger partial charge is 0.309 e. The van der Waals surface area contributed by atoms with Crippen molar-refractivity contribution in [1.82, 2.24) is 10.2 Å². The Bertz CT molecular complexity index is 371. The highest BCUT2D eigenvalue weighted by Gasteiger charge is 2.27. The molecule has 0 aliphatic heterocycles. The van der Waals surface area contributed by atoms with Gasteiger partial charge in [-0.05, 0) is 44.4 Å². The molecule has 18 heavy (non-hydrogen) atoms. The lowest BCUT2D eigenvalue weighted by Gasteiger charge is -2.22. The Balaban J connectivity index is 1.77. The summed E-state index contributed by atoms with van der Waals surface area (Å²) in [5.41, 5.74) is 2.80. The van der Waals surface area contributed by atoms with E-state index < -0.39 is 0 Å². The van der Waals surface area contributed by atoms with Crippen molar-refractivity contribution in [2.45, 2.75) is 45.7 Å². The monoisotopic (exact) mass is 246 g/mol. The minimum atomic E-state index is 0.448. The van der Waals surface area contributed by atoms with Crippen LogP contribution in [0.15, 0.2) is 24.3 Å². The van der Waals surface area contributed by atoms with E-state index in [9.17, 15) is 0 Å². The average Bonchev–Trinajstić information content (AvgIpc) is 3.19. The summed E-state index contributed by atoms with van der Waals surface area (Å²) in [7, 11) is 0. The van der Waals surface area contributed by atoms with Gasteiger partial charge >= 0.3 is 0 Å². The lowest BCUT2D eigenvalue weighted by atomic mass is 10.0. The van der Waals surface area contributed by atoms with Crippen LogP contribution in [0.2, 0.25) is 0 Å². The molecule has 0 radical (unpaired) electrons. The van der Waals surface area contributed by atoms with Gasteiger partial charge in [0.15, 0.2) is 0 Å². The number of rotatable bonds is 7. The van der Waals surface area contributed by atoms with Crippen molar-refractivity contribution in [3.63, 3.8) is 0 Å². The van der Waals surface area contributed by atoms with Crippen LogP contribution in [0.4, 0.5) is 0 Å². The minimum Gasteiger partial charge on any atom is -0.309 e. The van der Waals surface area contributed by atoms with Gasteiger partial charge in [0, 0.05) is 25.2 Å². The average molecular weight is 246 g/mol. The van der Waals surface area contributed by atoms with Gasteiger partial charge in [0.2, 0.25) is 0 Å². The third kappa shape index (κ3) is 3.56. The molecule has 0 saturated heterocycles. The predicted molar refractivity (Wildman–Crippen MR) is 77.9 cm³/mol. The first-order chi connectivity index (χ1) is 8.72. The van der Waals surface area contributed by atoms with Gasteiger partial charge in [-0.1, -0.05) is 31.2 Å². The second-order valence-corrected chi connectivity index (χ2v) is 5.39. The molecule has 0 spiro atoms. The first kappa shape index (κ1) is 13.6. The summed E-state index contributed by atoms with van der Waals surface area (Å²) in [4.78, 5) is 2.59. The van der Waals surface area contributed by atoms with E-state index in [1.165, 1.54) is 37.1 Å². The summed E-state index contributed by atoms with van der Waals surface area (Å²) in [5, 5.41) is 3.65. The third-order valence-corrected chi connectivity index (χ3v) is 3.97. The molecule has 1 aliphatic carbocycles. The van der Waals surface area contributed by atoms with Gasteiger partial charge in [-0.2, -0.15) is 0 Å². The molecule has 0 amide bonds. The van der Waals surface area contributed by atoms with Crippen LogP contribution in [0.5, 0.6) is 0 Å². The van der Waals surface area contributed by atoms with E-state index in [2.05, 4.69) is 55.3 Å². The zero-order valence-electron chi connectivity index (χ0n) is 11.9. The van der Waals surface area contributed by atoms with Crippen LogP contribution in [-0.2, 0) is 0 Å². The number of hydrogen-bond acceptors (Lipinski definition) is 2. The van der Waals surface area contributed by atoms with Gasteiger partial charge in [-0.25, -0.2) is 0 Å². The summed E-state index contributed by atoms with van der Waals surface area (Å²) < 4.78 is 0. The zero-order chi connectivity index (χ0) is 13.0. The van der Waals surface area contributed by atoms with E-state index in [0.717, 1.165) is 12.6 Å². The predicted octanol–water partition coefficient (Wildman–Crippen LogP) is 3.13. The van der Waals surface area contributed by atoms with Crippen LogP contribution in [0.3, 0.4) is 0 Å². The lowest BCUT2D eigenvalue weighted by molar-refractivity contribution is 0.273. The Kier molecular flexibility index (Phi) is 4.79. The quantitative estimate of drug-likeness (QED) is 0.795. The fourth-order valence-electron chi connectivity index (χ4n) is 2.65. The van der Waals surface area contributed by atoms with E-state index >= 15 is 0 Å². The van der Waals surface area contributed by atoms with Crippen LogP contribution >= 0.6 is 0 Å². The van der Waals surface area contributed by atoms with Crippen LogP contribution in [0, 0.1) is 6.92 Å². The molecule has 1 saturated carbocycles. The molecular weight excluding hydrogens is 220 g/mol. The smallest absolute Gasteiger partial charge is 0.0294 e.